The van der Waals surface area contributed by atoms with Crippen LogP contribution in [0.15, 0.2) is 54.7 Å². The summed E-state index contributed by atoms with van der Waals surface area (Å²) in [5.41, 5.74) is 5.50. The van der Waals surface area contributed by atoms with Crippen LogP contribution in [0.1, 0.15) is 43.9 Å². The van der Waals surface area contributed by atoms with Gasteiger partial charge >= 0.3 is 0 Å². The molecule has 0 unspecified atom stereocenters. The molecule has 3 rings (SSSR count). The molecule has 1 N–H and O–H groups in total. The minimum Gasteiger partial charge on any atom is -0.343 e. The molecule has 0 aliphatic rings. The number of rotatable bonds is 6. The zero-order valence-electron chi connectivity index (χ0n) is 15.3. The Hall–Kier alpha value is -2.06. The summed E-state index contributed by atoms with van der Waals surface area (Å²) in [4.78, 5) is 0. The molecule has 0 fully saturated rings. The van der Waals surface area contributed by atoms with Crippen molar-refractivity contribution in [1.82, 2.24) is 9.88 Å². The number of hydrogen-bond donors (Lipinski definition) is 1. The number of nitrogens with one attached hydrogen (secondary N) is 1. The van der Waals surface area contributed by atoms with E-state index in [4.69, 9.17) is 0 Å². The van der Waals surface area contributed by atoms with Gasteiger partial charge in [0.2, 0.25) is 0 Å². The minimum atomic E-state index is 0.167. The molecule has 0 saturated heterocycles. The van der Waals surface area contributed by atoms with Crippen LogP contribution in [-0.4, -0.2) is 10.1 Å². The molecule has 1 aromatic heterocycles. The fourth-order valence-electron chi connectivity index (χ4n) is 2.94. The topological polar surface area (TPSA) is 17.0 Å². The lowest BCUT2D eigenvalue weighted by Crippen LogP contribution is -2.37. The van der Waals surface area contributed by atoms with Gasteiger partial charge in [0.1, 0.15) is 0 Å². The van der Waals surface area contributed by atoms with Crippen LogP contribution in [0.4, 0.5) is 0 Å². The number of para-hydroxylation sites is 1. The van der Waals surface area contributed by atoms with E-state index in [9.17, 15) is 0 Å². The molecule has 0 amide bonds. The van der Waals surface area contributed by atoms with Crippen LogP contribution < -0.4 is 5.32 Å². The van der Waals surface area contributed by atoms with Crippen molar-refractivity contribution in [3.05, 3.63) is 71.4 Å². The minimum absolute atomic E-state index is 0.167. The summed E-state index contributed by atoms with van der Waals surface area (Å²) >= 11 is 0. The van der Waals surface area contributed by atoms with Crippen LogP contribution in [0.3, 0.4) is 0 Å². The average Bonchev–Trinajstić information content (AvgIpc) is 2.93. The lowest BCUT2D eigenvalue weighted by atomic mass is 10.0. The highest BCUT2D eigenvalue weighted by Gasteiger charge is 2.15. The van der Waals surface area contributed by atoms with Gasteiger partial charge in [-0.25, -0.2) is 0 Å². The molecular weight excluding hydrogens is 292 g/mol. The Labute approximate surface area is 145 Å². The van der Waals surface area contributed by atoms with Crippen molar-refractivity contribution in [3.63, 3.8) is 0 Å². The van der Waals surface area contributed by atoms with Crippen LogP contribution in [0.25, 0.3) is 10.9 Å². The van der Waals surface area contributed by atoms with Crippen LogP contribution in [0.5, 0.6) is 0 Å². The summed E-state index contributed by atoms with van der Waals surface area (Å²) in [6.45, 7) is 10.7. The van der Waals surface area contributed by atoms with Gasteiger partial charge in [-0.2, -0.15) is 0 Å². The number of hydrogen-bond acceptors (Lipinski definition) is 1. The summed E-state index contributed by atoms with van der Waals surface area (Å²) in [7, 11) is 0. The molecule has 24 heavy (non-hydrogen) atoms. The van der Waals surface area contributed by atoms with Crippen molar-refractivity contribution in [3.8, 4) is 0 Å². The lowest BCUT2D eigenvalue weighted by molar-refractivity contribution is 0.375. The number of nitrogens with zero attached hydrogens (tertiary/aromatic N) is 1. The van der Waals surface area contributed by atoms with Gasteiger partial charge < -0.3 is 9.88 Å². The third kappa shape index (κ3) is 3.70. The smallest absolute Gasteiger partial charge is 0.0486 e. The maximum absolute atomic E-state index is 3.69. The van der Waals surface area contributed by atoms with E-state index in [2.05, 4.69) is 92.3 Å². The van der Waals surface area contributed by atoms with Gasteiger partial charge in [0, 0.05) is 35.7 Å². The van der Waals surface area contributed by atoms with E-state index >= 15 is 0 Å². The standard InChI is InChI=1S/C22H28N2/c1-5-22(3,4)23-14-19-16-24(21-9-7-6-8-20(19)21)15-18-12-10-17(2)11-13-18/h6-13,16,23H,5,14-15H2,1-4H3. The van der Waals surface area contributed by atoms with Crippen molar-refractivity contribution in [2.75, 3.05) is 0 Å². The Morgan fingerprint density at radius 3 is 2.42 bits per heavy atom. The second kappa shape index (κ2) is 6.82. The highest BCUT2D eigenvalue weighted by atomic mass is 15.0. The normalized spacial score (nSPS) is 12.0. The molecule has 3 aromatic rings. The summed E-state index contributed by atoms with van der Waals surface area (Å²) in [6, 6.07) is 17.5. The fraction of sp³-hybridized carbons (Fsp3) is 0.364. The van der Waals surface area contributed by atoms with Crippen LogP contribution >= 0.6 is 0 Å². The zero-order valence-corrected chi connectivity index (χ0v) is 15.3. The van der Waals surface area contributed by atoms with E-state index in [0.717, 1.165) is 19.5 Å². The van der Waals surface area contributed by atoms with Crippen molar-refractivity contribution in [2.24, 2.45) is 0 Å². The summed E-state index contributed by atoms with van der Waals surface area (Å²) < 4.78 is 2.37. The predicted molar refractivity (Wildman–Crippen MR) is 103 cm³/mol. The van der Waals surface area contributed by atoms with Crippen LogP contribution in [0.2, 0.25) is 0 Å². The van der Waals surface area contributed by atoms with Crippen LogP contribution in [-0.2, 0) is 13.1 Å². The third-order valence-corrected chi connectivity index (χ3v) is 4.99. The first-order chi connectivity index (χ1) is 11.5. The van der Waals surface area contributed by atoms with Gasteiger partial charge in [-0.1, -0.05) is 55.0 Å². The molecule has 2 nitrogen and oxygen atoms in total. The zero-order chi connectivity index (χ0) is 17.2. The molecule has 0 aliphatic carbocycles. The molecule has 2 aromatic carbocycles. The average molecular weight is 320 g/mol. The van der Waals surface area contributed by atoms with Crippen molar-refractivity contribution < 1.29 is 0 Å². The lowest BCUT2D eigenvalue weighted by Gasteiger charge is -2.24. The monoisotopic (exact) mass is 320 g/mol. The number of aryl methyl sites for hydroxylation is 1. The van der Waals surface area contributed by atoms with Gasteiger partial charge in [-0.05, 0) is 44.4 Å². The first kappa shape index (κ1) is 16.8. The van der Waals surface area contributed by atoms with E-state index in [1.165, 1.54) is 27.6 Å². The van der Waals surface area contributed by atoms with E-state index < -0.39 is 0 Å². The summed E-state index contributed by atoms with van der Waals surface area (Å²) in [5, 5.41) is 5.04. The SMILES string of the molecule is CCC(C)(C)NCc1cn(Cc2ccc(C)cc2)c2ccccc12. The van der Waals surface area contributed by atoms with E-state index in [0.29, 0.717) is 0 Å². The van der Waals surface area contributed by atoms with Gasteiger partial charge in [-0.15, -0.1) is 0 Å². The Balaban J connectivity index is 1.90. The highest BCUT2D eigenvalue weighted by molar-refractivity contribution is 5.84. The maximum Gasteiger partial charge on any atom is 0.0486 e. The van der Waals surface area contributed by atoms with Crippen molar-refractivity contribution in [1.29, 1.82) is 0 Å². The molecule has 0 aliphatic heterocycles. The molecule has 0 bridgehead atoms. The first-order valence-corrected chi connectivity index (χ1v) is 8.86. The first-order valence-electron chi connectivity index (χ1n) is 8.86. The quantitative estimate of drug-likeness (QED) is 0.654. The van der Waals surface area contributed by atoms with Gasteiger partial charge in [0.25, 0.3) is 0 Å². The van der Waals surface area contributed by atoms with E-state index in [1.807, 2.05) is 0 Å². The van der Waals surface area contributed by atoms with Crippen molar-refractivity contribution >= 4 is 10.9 Å². The van der Waals surface area contributed by atoms with Gasteiger partial charge in [0.05, 0.1) is 0 Å². The molecule has 0 radical (unpaired) electrons. The molecule has 1 heterocycles. The highest BCUT2D eigenvalue weighted by Crippen LogP contribution is 2.23. The van der Waals surface area contributed by atoms with Gasteiger partial charge in [-0.3, -0.25) is 0 Å². The van der Waals surface area contributed by atoms with Gasteiger partial charge in [0.15, 0.2) is 0 Å². The Bertz CT molecular complexity index is 810. The molecule has 0 atom stereocenters. The molecule has 126 valence electrons. The van der Waals surface area contributed by atoms with E-state index in [-0.39, 0.29) is 5.54 Å². The fourth-order valence-corrected chi connectivity index (χ4v) is 2.94. The molecule has 0 spiro atoms. The Kier molecular flexibility index (Phi) is 4.77. The largest absolute Gasteiger partial charge is 0.343 e. The summed E-state index contributed by atoms with van der Waals surface area (Å²) in [6.07, 6.45) is 3.43. The molecule has 0 saturated carbocycles. The van der Waals surface area contributed by atoms with Crippen molar-refractivity contribution in [2.45, 2.75) is 52.7 Å². The molecule has 2 heteroatoms. The Morgan fingerprint density at radius 1 is 1.00 bits per heavy atom. The van der Waals surface area contributed by atoms with Crippen LogP contribution in [0, 0.1) is 6.92 Å². The third-order valence-electron chi connectivity index (χ3n) is 4.99. The number of fused-ring (bicyclic) bond motifs is 1. The maximum atomic E-state index is 3.69. The second-order valence-electron chi connectivity index (χ2n) is 7.38. The number of benzene rings is 2. The van der Waals surface area contributed by atoms with E-state index in [1.54, 1.807) is 0 Å². The second-order valence-corrected chi connectivity index (χ2v) is 7.38. The molecular formula is C22H28N2. The summed E-state index contributed by atoms with van der Waals surface area (Å²) in [5.74, 6) is 0. The predicted octanol–water partition coefficient (Wildman–Crippen LogP) is 5.28. The number of aromatic nitrogens is 1. The Morgan fingerprint density at radius 2 is 1.71 bits per heavy atom.